The van der Waals surface area contributed by atoms with Gasteiger partial charge in [-0.1, -0.05) is 54.9 Å². The maximum absolute atomic E-state index is 12.3. The fraction of sp³-hybridized carbons (Fsp3) is 0.235. The highest BCUT2D eigenvalue weighted by molar-refractivity contribution is 6.31. The molecule has 0 unspecified atom stereocenters. The van der Waals surface area contributed by atoms with Crippen LogP contribution >= 0.6 is 11.6 Å². The molecule has 0 spiro atoms. The molecule has 102 valence electrons. The van der Waals surface area contributed by atoms with Crippen LogP contribution in [0.2, 0.25) is 5.02 Å². The Morgan fingerprint density at radius 2 is 1.85 bits per heavy atom. The topological polar surface area (TPSA) is 29.1 Å². The van der Waals surface area contributed by atoms with Crippen molar-refractivity contribution in [1.29, 1.82) is 0 Å². The summed E-state index contributed by atoms with van der Waals surface area (Å²) in [5.41, 5.74) is 4.30. The Labute approximate surface area is 123 Å². The Hall–Kier alpha value is -1.80. The van der Waals surface area contributed by atoms with Crippen LogP contribution < -0.4 is 5.32 Å². The summed E-state index contributed by atoms with van der Waals surface area (Å²) < 4.78 is 0. The maximum atomic E-state index is 12.3. The Morgan fingerprint density at radius 3 is 2.60 bits per heavy atom. The Morgan fingerprint density at radius 1 is 1.10 bits per heavy atom. The number of carbonyl (C=O) groups excluding carboxylic acids is 1. The van der Waals surface area contributed by atoms with Crippen molar-refractivity contribution in [2.45, 2.75) is 25.7 Å². The number of hydrogen-bond donors (Lipinski definition) is 1. The molecule has 3 rings (SSSR count). The maximum Gasteiger partial charge on any atom is 0.232 e. The average Bonchev–Trinajstić information content (AvgIpc) is 2.77. The fourth-order valence-corrected chi connectivity index (χ4v) is 3.01. The number of aryl methyl sites for hydroxylation is 1. The monoisotopic (exact) mass is 285 g/mol. The number of rotatable bonds is 3. The largest absolute Gasteiger partial charge is 0.325 e. The van der Waals surface area contributed by atoms with Gasteiger partial charge in [0.15, 0.2) is 0 Å². The lowest BCUT2D eigenvalue weighted by atomic mass is 9.92. The molecule has 3 heteroatoms. The van der Waals surface area contributed by atoms with Gasteiger partial charge in [-0.05, 0) is 35.6 Å². The summed E-state index contributed by atoms with van der Waals surface area (Å²) in [6.07, 6.45) is 1.56. The summed E-state index contributed by atoms with van der Waals surface area (Å²) in [5, 5.41) is 3.75. The van der Waals surface area contributed by atoms with E-state index in [1.807, 2.05) is 36.4 Å². The highest BCUT2D eigenvalue weighted by Crippen LogP contribution is 2.38. The van der Waals surface area contributed by atoms with Gasteiger partial charge in [-0.15, -0.1) is 0 Å². The minimum Gasteiger partial charge on any atom is -0.325 e. The number of hydrogen-bond acceptors (Lipinski definition) is 1. The van der Waals surface area contributed by atoms with Crippen molar-refractivity contribution in [2.75, 3.05) is 5.32 Å². The van der Waals surface area contributed by atoms with E-state index in [4.69, 9.17) is 11.6 Å². The molecule has 1 atom stereocenters. The fourth-order valence-electron chi connectivity index (χ4n) is 2.80. The van der Waals surface area contributed by atoms with Gasteiger partial charge in [-0.2, -0.15) is 0 Å². The Balaban J connectivity index is 1.97. The first-order chi connectivity index (χ1) is 9.70. The van der Waals surface area contributed by atoms with Gasteiger partial charge in [0.1, 0.15) is 0 Å². The van der Waals surface area contributed by atoms with Crippen molar-refractivity contribution in [1.82, 2.24) is 0 Å². The summed E-state index contributed by atoms with van der Waals surface area (Å²) >= 11 is 6.20. The second-order valence-electron chi connectivity index (χ2n) is 5.07. The lowest BCUT2D eigenvalue weighted by molar-refractivity contribution is -0.117. The van der Waals surface area contributed by atoms with E-state index >= 15 is 0 Å². The molecule has 2 aromatic carbocycles. The van der Waals surface area contributed by atoms with Crippen molar-refractivity contribution in [3.05, 3.63) is 64.2 Å². The molecule has 1 heterocycles. The molecule has 1 aliphatic heterocycles. The molecule has 0 saturated heterocycles. The Kier molecular flexibility index (Phi) is 3.49. The summed E-state index contributed by atoms with van der Waals surface area (Å²) in [4.78, 5) is 12.3. The van der Waals surface area contributed by atoms with Crippen molar-refractivity contribution < 1.29 is 4.79 Å². The average molecular weight is 286 g/mol. The van der Waals surface area contributed by atoms with Gasteiger partial charge in [0.25, 0.3) is 0 Å². The van der Waals surface area contributed by atoms with E-state index < -0.39 is 0 Å². The number of nitrogens with one attached hydrogen (secondary N) is 1. The van der Waals surface area contributed by atoms with Crippen LogP contribution in [0.3, 0.4) is 0 Å². The first kappa shape index (κ1) is 13.2. The number of fused-ring (bicyclic) bond motifs is 1. The third kappa shape index (κ3) is 2.20. The zero-order valence-corrected chi connectivity index (χ0v) is 12.1. The number of anilines is 1. The Bertz CT molecular complexity index is 666. The molecule has 2 aromatic rings. The minimum atomic E-state index is -0.142. The van der Waals surface area contributed by atoms with Crippen LogP contribution in [0.4, 0.5) is 5.69 Å². The van der Waals surface area contributed by atoms with E-state index in [9.17, 15) is 4.79 Å². The first-order valence-corrected chi connectivity index (χ1v) is 7.24. The van der Waals surface area contributed by atoms with E-state index in [0.29, 0.717) is 6.42 Å². The lowest BCUT2D eigenvalue weighted by Gasteiger charge is -2.11. The number of halogens is 1. The normalized spacial score (nSPS) is 16.9. The molecular formula is C17H16ClNO. The van der Waals surface area contributed by atoms with Crippen molar-refractivity contribution in [3.63, 3.8) is 0 Å². The molecule has 1 aliphatic rings. The van der Waals surface area contributed by atoms with Gasteiger partial charge < -0.3 is 5.32 Å². The molecule has 0 radical (unpaired) electrons. The summed E-state index contributed by atoms with van der Waals surface area (Å²) in [7, 11) is 0. The van der Waals surface area contributed by atoms with Crippen molar-refractivity contribution >= 4 is 23.2 Å². The number of carbonyl (C=O) groups is 1. The molecule has 20 heavy (non-hydrogen) atoms. The summed E-state index contributed by atoms with van der Waals surface area (Å²) in [6.45, 7) is 2.10. The van der Waals surface area contributed by atoms with E-state index in [0.717, 1.165) is 28.3 Å². The van der Waals surface area contributed by atoms with Crippen molar-refractivity contribution in [3.8, 4) is 0 Å². The van der Waals surface area contributed by atoms with Gasteiger partial charge in [0.05, 0.1) is 5.92 Å². The van der Waals surface area contributed by atoms with Crippen LogP contribution in [0.15, 0.2) is 42.5 Å². The highest BCUT2D eigenvalue weighted by atomic mass is 35.5. The first-order valence-electron chi connectivity index (χ1n) is 6.86. The van der Waals surface area contributed by atoms with E-state index in [2.05, 4.69) is 18.3 Å². The highest BCUT2D eigenvalue weighted by Gasteiger charge is 2.31. The molecule has 0 fully saturated rings. The van der Waals surface area contributed by atoms with Crippen LogP contribution in [0.25, 0.3) is 0 Å². The lowest BCUT2D eigenvalue weighted by Crippen LogP contribution is -2.14. The van der Waals surface area contributed by atoms with Gasteiger partial charge in [0, 0.05) is 10.7 Å². The number of benzene rings is 2. The number of para-hydroxylation sites is 1. The molecule has 2 nitrogen and oxygen atoms in total. The summed E-state index contributed by atoms with van der Waals surface area (Å²) in [5.74, 6) is -0.0720. The van der Waals surface area contributed by atoms with Crippen molar-refractivity contribution in [2.24, 2.45) is 0 Å². The molecule has 1 N–H and O–H groups in total. The quantitative estimate of drug-likeness (QED) is 0.900. The third-order valence-corrected chi connectivity index (χ3v) is 4.25. The van der Waals surface area contributed by atoms with Crippen LogP contribution in [0, 0.1) is 0 Å². The van der Waals surface area contributed by atoms with Crippen LogP contribution in [0.5, 0.6) is 0 Å². The molecule has 0 aliphatic carbocycles. The second-order valence-corrected chi connectivity index (χ2v) is 5.48. The van der Waals surface area contributed by atoms with Gasteiger partial charge in [-0.3, -0.25) is 4.79 Å². The van der Waals surface area contributed by atoms with Crippen LogP contribution in [-0.4, -0.2) is 5.91 Å². The standard InChI is InChI=1S/C17H16ClNO/c1-2-11-7-5-8-13-14(17(20)19-16(11)13)10-12-6-3-4-9-15(12)18/h3-9,14H,2,10H2,1H3,(H,19,20)/t14-/m1/s1. The molecule has 0 aromatic heterocycles. The van der Waals surface area contributed by atoms with E-state index in [-0.39, 0.29) is 11.8 Å². The zero-order valence-electron chi connectivity index (χ0n) is 11.3. The second kappa shape index (κ2) is 5.29. The van der Waals surface area contributed by atoms with Crippen LogP contribution in [0.1, 0.15) is 29.5 Å². The van der Waals surface area contributed by atoms with Gasteiger partial charge in [-0.25, -0.2) is 0 Å². The summed E-state index contributed by atoms with van der Waals surface area (Å²) in [6, 6.07) is 13.8. The predicted octanol–water partition coefficient (Wildman–Crippen LogP) is 4.18. The number of amides is 1. The van der Waals surface area contributed by atoms with E-state index in [1.54, 1.807) is 0 Å². The van der Waals surface area contributed by atoms with E-state index in [1.165, 1.54) is 5.56 Å². The smallest absolute Gasteiger partial charge is 0.232 e. The zero-order chi connectivity index (χ0) is 14.1. The SMILES string of the molecule is CCc1cccc2c1NC(=O)[C@@H]2Cc1ccccc1Cl. The third-order valence-electron chi connectivity index (χ3n) is 3.89. The molecule has 1 amide bonds. The molecule has 0 bridgehead atoms. The van der Waals surface area contributed by atoms with Crippen LogP contribution in [-0.2, 0) is 17.6 Å². The minimum absolute atomic E-state index is 0.0702. The molecular weight excluding hydrogens is 270 g/mol. The van der Waals surface area contributed by atoms with Gasteiger partial charge >= 0.3 is 0 Å². The molecule has 0 saturated carbocycles. The predicted molar refractivity (Wildman–Crippen MR) is 82.3 cm³/mol. The van der Waals surface area contributed by atoms with Gasteiger partial charge in [0.2, 0.25) is 5.91 Å².